The summed E-state index contributed by atoms with van der Waals surface area (Å²) in [6, 6.07) is 8.39. The smallest absolute Gasteiger partial charge is 0.410 e. The van der Waals surface area contributed by atoms with E-state index in [2.05, 4.69) is 17.4 Å². The van der Waals surface area contributed by atoms with Gasteiger partial charge in [0.2, 0.25) is 11.6 Å². The fraction of sp³-hybridized carbons (Fsp3) is 0.759. The molecule has 6 aliphatic carbocycles. The molecule has 8 rings (SSSR count). The molecular weight excluding hydrogens is 456 g/mol. The number of nitrogens with two attached hydrogens (primary N) is 1. The average molecular weight is 497 g/mol. The minimum Gasteiger partial charge on any atom is -0.410 e. The molecule has 7 fully saturated rings. The second kappa shape index (κ2) is 8.97. The van der Waals surface area contributed by atoms with E-state index in [1.807, 2.05) is 12.1 Å². The monoisotopic (exact) mass is 496 g/mol. The first-order chi connectivity index (χ1) is 17.5. The Morgan fingerprint density at radius 1 is 0.917 bits per heavy atom. The number of carbonyl (C=O) groups is 1. The Morgan fingerprint density at radius 3 is 2.31 bits per heavy atom. The predicted molar refractivity (Wildman–Crippen MR) is 133 cm³/mol. The maximum absolute atomic E-state index is 12.4. The van der Waals surface area contributed by atoms with Gasteiger partial charge >= 0.3 is 6.09 Å². The van der Waals surface area contributed by atoms with Gasteiger partial charge in [-0.05, 0) is 106 Å². The summed E-state index contributed by atoms with van der Waals surface area (Å²) >= 11 is 0. The normalized spacial score (nSPS) is 45.3. The van der Waals surface area contributed by atoms with Crippen LogP contribution in [0.2, 0.25) is 0 Å². The SMILES string of the molecule is NC1CCC(NC(=O)Oc2ccc([C@@H]3CCC[C@]4(C3)OOC3(O4)C4CC5CC(C4)CC3C5)cc2)CC1. The van der Waals surface area contributed by atoms with E-state index in [0.717, 1.165) is 63.2 Å². The fourth-order valence-corrected chi connectivity index (χ4v) is 8.63. The Hall–Kier alpha value is -1.67. The van der Waals surface area contributed by atoms with E-state index in [0.29, 0.717) is 23.5 Å². The third kappa shape index (κ3) is 4.16. The van der Waals surface area contributed by atoms with Crippen LogP contribution in [0.15, 0.2) is 24.3 Å². The van der Waals surface area contributed by atoms with Crippen molar-refractivity contribution in [1.82, 2.24) is 5.32 Å². The molecule has 4 bridgehead atoms. The molecule has 1 aromatic carbocycles. The molecule has 3 N–H and O–H groups in total. The van der Waals surface area contributed by atoms with Crippen molar-refractivity contribution in [2.45, 2.75) is 113 Å². The highest BCUT2D eigenvalue weighted by Gasteiger charge is 2.67. The van der Waals surface area contributed by atoms with Gasteiger partial charge in [-0.15, -0.1) is 0 Å². The van der Waals surface area contributed by atoms with Crippen LogP contribution in [0.4, 0.5) is 4.79 Å². The second-order valence-electron chi connectivity index (χ2n) is 12.7. The number of carbonyl (C=O) groups excluding carboxylic acids is 1. The van der Waals surface area contributed by atoms with Crippen molar-refractivity contribution in [3.8, 4) is 5.75 Å². The second-order valence-corrected chi connectivity index (χ2v) is 12.7. The summed E-state index contributed by atoms with van der Waals surface area (Å²) in [4.78, 5) is 24.8. The topological polar surface area (TPSA) is 92.0 Å². The van der Waals surface area contributed by atoms with Crippen molar-refractivity contribution in [3.63, 3.8) is 0 Å². The highest BCUT2D eigenvalue weighted by atomic mass is 17.3. The average Bonchev–Trinajstić information content (AvgIpc) is 3.23. The van der Waals surface area contributed by atoms with Gasteiger partial charge in [-0.1, -0.05) is 12.1 Å². The maximum Gasteiger partial charge on any atom is 0.412 e. The lowest BCUT2D eigenvalue weighted by Crippen LogP contribution is -2.59. The first-order valence-corrected chi connectivity index (χ1v) is 14.4. The van der Waals surface area contributed by atoms with Crippen molar-refractivity contribution in [2.24, 2.45) is 29.4 Å². The largest absolute Gasteiger partial charge is 0.412 e. The van der Waals surface area contributed by atoms with E-state index in [-0.39, 0.29) is 18.2 Å². The summed E-state index contributed by atoms with van der Waals surface area (Å²) in [7, 11) is 0. The van der Waals surface area contributed by atoms with Crippen LogP contribution >= 0.6 is 0 Å². The van der Waals surface area contributed by atoms with Gasteiger partial charge < -0.3 is 20.5 Å². The van der Waals surface area contributed by atoms with Crippen molar-refractivity contribution >= 4 is 6.09 Å². The zero-order valence-electron chi connectivity index (χ0n) is 21.2. The number of ether oxygens (including phenoxy) is 2. The zero-order chi connectivity index (χ0) is 24.3. The summed E-state index contributed by atoms with van der Waals surface area (Å²) in [6.07, 6.45) is 13.5. The molecule has 0 radical (unpaired) electrons. The molecule has 1 aromatic rings. The van der Waals surface area contributed by atoms with E-state index in [1.54, 1.807) is 0 Å². The lowest BCUT2D eigenvalue weighted by atomic mass is 9.53. The van der Waals surface area contributed by atoms with Gasteiger partial charge in [0, 0.05) is 36.8 Å². The van der Waals surface area contributed by atoms with Crippen LogP contribution in [-0.4, -0.2) is 29.8 Å². The van der Waals surface area contributed by atoms with Crippen LogP contribution in [0, 0.1) is 23.7 Å². The molecule has 6 saturated carbocycles. The summed E-state index contributed by atoms with van der Waals surface area (Å²) in [5, 5.41) is 2.99. The van der Waals surface area contributed by atoms with Crippen molar-refractivity contribution in [1.29, 1.82) is 0 Å². The van der Waals surface area contributed by atoms with Crippen molar-refractivity contribution in [3.05, 3.63) is 29.8 Å². The number of amides is 1. The lowest BCUT2D eigenvalue weighted by Gasteiger charge is -2.57. The third-order valence-electron chi connectivity index (χ3n) is 10.3. The lowest BCUT2D eigenvalue weighted by molar-refractivity contribution is -0.390. The van der Waals surface area contributed by atoms with Crippen LogP contribution in [0.1, 0.15) is 95.0 Å². The molecule has 0 unspecified atom stereocenters. The first-order valence-electron chi connectivity index (χ1n) is 14.4. The van der Waals surface area contributed by atoms with E-state index in [9.17, 15) is 4.79 Å². The van der Waals surface area contributed by atoms with Crippen LogP contribution < -0.4 is 15.8 Å². The van der Waals surface area contributed by atoms with Crippen molar-refractivity contribution in [2.75, 3.05) is 0 Å². The van der Waals surface area contributed by atoms with Crippen LogP contribution in [-0.2, 0) is 14.5 Å². The maximum atomic E-state index is 12.4. The van der Waals surface area contributed by atoms with Gasteiger partial charge in [0.1, 0.15) is 5.75 Å². The van der Waals surface area contributed by atoms with Gasteiger partial charge in [0.25, 0.3) is 0 Å². The quantitative estimate of drug-likeness (QED) is 0.535. The van der Waals surface area contributed by atoms with Crippen LogP contribution in [0.25, 0.3) is 0 Å². The molecule has 7 aliphatic rings. The molecule has 2 atom stereocenters. The molecule has 7 heteroatoms. The van der Waals surface area contributed by atoms with Gasteiger partial charge in [0.15, 0.2) is 0 Å². The van der Waals surface area contributed by atoms with Gasteiger partial charge in [-0.3, -0.25) is 0 Å². The number of rotatable bonds is 3. The first kappa shape index (κ1) is 23.4. The predicted octanol–water partition coefficient (Wildman–Crippen LogP) is 5.53. The minimum atomic E-state index is -0.629. The molecule has 1 amide bonds. The van der Waals surface area contributed by atoms with Gasteiger partial charge in [-0.25, -0.2) is 4.79 Å². The fourth-order valence-electron chi connectivity index (χ4n) is 8.63. The van der Waals surface area contributed by atoms with E-state index in [1.165, 1.54) is 37.7 Å². The highest BCUT2D eigenvalue weighted by molar-refractivity contribution is 5.70. The molecular formula is C29H40N2O5. The molecule has 1 heterocycles. The molecule has 0 aromatic heterocycles. The van der Waals surface area contributed by atoms with Gasteiger partial charge in [-0.2, -0.15) is 9.78 Å². The van der Waals surface area contributed by atoms with Crippen molar-refractivity contribution < 1.29 is 24.0 Å². The summed E-state index contributed by atoms with van der Waals surface area (Å²) < 4.78 is 12.5. The standard InChI is InChI=1S/C29H40N2O5/c30-24-5-7-25(8-6-24)31-27(32)33-26-9-3-20(4-10-26)21-2-1-11-28(17-21)34-29(36-35-28)22-13-18-12-19(15-22)16-23(29)14-18/h3-4,9-10,18-19,21-25H,1-2,5-8,11-17,30H2,(H,31,32)/t18?,19?,21-,22?,23?,24?,25?,28-,29?/m1/s1. The van der Waals surface area contributed by atoms with Crippen LogP contribution in [0.5, 0.6) is 5.75 Å². The summed E-state index contributed by atoms with van der Waals surface area (Å²) in [5.74, 6) is 2.47. The molecule has 1 saturated heterocycles. The molecule has 36 heavy (non-hydrogen) atoms. The Balaban J connectivity index is 0.980. The van der Waals surface area contributed by atoms with Crippen LogP contribution in [0.3, 0.4) is 0 Å². The summed E-state index contributed by atoms with van der Waals surface area (Å²) in [5.41, 5.74) is 7.20. The zero-order valence-corrected chi connectivity index (χ0v) is 21.2. The van der Waals surface area contributed by atoms with E-state index < -0.39 is 11.6 Å². The van der Waals surface area contributed by atoms with E-state index >= 15 is 0 Å². The number of hydrogen-bond donors (Lipinski definition) is 2. The number of nitrogens with one attached hydrogen (secondary N) is 1. The Morgan fingerprint density at radius 2 is 1.61 bits per heavy atom. The molecule has 1 aliphatic heterocycles. The molecule has 196 valence electrons. The highest BCUT2D eigenvalue weighted by Crippen LogP contribution is 2.64. The minimum absolute atomic E-state index is 0.154. The summed E-state index contributed by atoms with van der Waals surface area (Å²) in [6.45, 7) is 0. The Labute approximate surface area is 213 Å². The number of benzene rings is 1. The molecule has 7 nitrogen and oxygen atoms in total. The Kier molecular flexibility index (Phi) is 5.84. The molecule has 2 spiro atoms. The Bertz CT molecular complexity index is 946. The van der Waals surface area contributed by atoms with Gasteiger partial charge in [0.05, 0.1) is 0 Å². The van der Waals surface area contributed by atoms with E-state index in [4.69, 9.17) is 25.0 Å². The number of hydrogen-bond acceptors (Lipinski definition) is 6. The third-order valence-corrected chi connectivity index (χ3v) is 10.3.